The summed E-state index contributed by atoms with van der Waals surface area (Å²) in [5, 5.41) is 5.50. The van der Waals surface area contributed by atoms with E-state index in [0.29, 0.717) is 38.5 Å². The van der Waals surface area contributed by atoms with E-state index in [1.54, 1.807) is 0 Å². The fraction of sp³-hybridized carbons (Fsp3) is 0.923. The largest absolute Gasteiger partial charge is 0.405 e. The van der Waals surface area contributed by atoms with Crippen molar-refractivity contribution in [3.63, 3.8) is 0 Å². The van der Waals surface area contributed by atoms with Crippen LogP contribution in [0.5, 0.6) is 0 Å². The molecule has 0 radical (unpaired) electrons. The van der Waals surface area contributed by atoms with Crippen LogP contribution in [0.15, 0.2) is 0 Å². The first-order valence-electron chi connectivity index (χ1n) is 7.25. The quantitative estimate of drug-likeness (QED) is 0.798. The Kier molecular flexibility index (Phi) is 5.26. The molecule has 7 heteroatoms. The van der Waals surface area contributed by atoms with E-state index in [9.17, 15) is 18.0 Å². The summed E-state index contributed by atoms with van der Waals surface area (Å²) in [6.45, 7) is 1.51. The average Bonchev–Trinajstić information content (AvgIpc) is 2.34. The van der Waals surface area contributed by atoms with Crippen LogP contribution in [0.25, 0.3) is 0 Å². The van der Waals surface area contributed by atoms with Crippen LogP contribution >= 0.6 is 0 Å². The van der Waals surface area contributed by atoms with Crippen molar-refractivity contribution in [3.8, 4) is 0 Å². The number of carbonyl (C=O) groups is 1. The summed E-state index contributed by atoms with van der Waals surface area (Å²) in [7, 11) is 0. The number of halogens is 3. The Hall–Kier alpha value is -0.820. The van der Waals surface area contributed by atoms with E-state index in [1.165, 1.54) is 4.90 Å². The second-order valence-corrected chi connectivity index (χ2v) is 5.65. The van der Waals surface area contributed by atoms with Crippen LogP contribution in [-0.4, -0.2) is 55.7 Å². The molecule has 1 unspecified atom stereocenters. The van der Waals surface area contributed by atoms with Gasteiger partial charge < -0.3 is 10.6 Å². The summed E-state index contributed by atoms with van der Waals surface area (Å²) >= 11 is 0. The van der Waals surface area contributed by atoms with Crippen LogP contribution < -0.4 is 10.6 Å². The molecular weight excluding hydrogens is 271 g/mol. The van der Waals surface area contributed by atoms with Crippen molar-refractivity contribution in [2.45, 2.75) is 37.9 Å². The normalized spacial score (nSPS) is 23.1. The van der Waals surface area contributed by atoms with Crippen LogP contribution in [0.3, 0.4) is 0 Å². The van der Waals surface area contributed by atoms with E-state index < -0.39 is 12.2 Å². The summed E-state index contributed by atoms with van der Waals surface area (Å²) in [5.74, 6) is 0.123. The van der Waals surface area contributed by atoms with Crippen molar-refractivity contribution in [1.29, 1.82) is 0 Å². The minimum Gasteiger partial charge on any atom is -0.354 e. The molecule has 0 aromatic rings. The van der Waals surface area contributed by atoms with Crippen molar-refractivity contribution in [3.05, 3.63) is 0 Å². The van der Waals surface area contributed by atoms with Gasteiger partial charge >= 0.3 is 6.18 Å². The van der Waals surface area contributed by atoms with Gasteiger partial charge in [-0.1, -0.05) is 6.42 Å². The molecule has 116 valence electrons. The molecule has 0 spiro atoms. The summed E-state index contributed by atoms with van der Waals surface area (Å²) < 4.78 is 39.2. The Labute approximate surface area is 117 Å². The van der Waals surface area contributed by atoms with Gasteiger partial charge in [0.15, 0.2) is 0 Å². The molecule has 2 aliphatic rings. The maximum absolute atomic E-state index is 13.1. The van der Waals surface area contributed by atoms with Crippen LogP contribution in [-0.2, 0) is 4.79 Å². The SMILES string of the molecule is O=C(CC1CCC1)NCC(N1CCNCC1)C(F)(F)F. The summed E-state index contributed by atoms with van der Waals surface area (Å²) in [6, 6.07) is -1.57. The van der Waals surface area contributed by atoms with Gasteiger partial charge in [0, 0.05) is 39.1 Å². The van der Waals surface area contributed by atoms with Gasteiger partial charge in [-0.2, -0.15) is 13.2 Å². The van der Waals surface area contributed by atoms with E-state index in [-0.39, 0.29) is 12.5 Å². The highest BCUT2D eigenvalue weighted by molar-refractivity contribution is 5.76. The lowest BCUT2D eigenvalue weighted by atomic mass is 9.83. The van der Waals surface area contributed by atoms with Crippen LogP contribution in [0, 0.1) is 5.92 Å². The molecule has 20 heavy (non-hydrogen) atoms. The third-order valence-corrected chi connectivity index (χ3v) is 4.16. The van der Waals surface area contributed by atoms with E-state index in [2.05, 4.69) is 10.6 Å². The fourth-order valence-electron chi connectivity index (χ4n) is 2.69. The number of nitrogens with one attached hydrogen (secondary N) is 2. The molecule has 1 saturated heterocycles. The van der Waals surface area contributed by atoms with Crippen molar-refractivity contribution >= 4 is 5.91 Å². The van der Waals surface area contributed by atoms with Gasteiger partial charge in [0.2, 0.25) is 5.91 Å². The van der Waals surface area contributed by atoms with E-state index >= 15 is 0 Å². The molecule has 1 atom stereocenters. The summed E-state index contributed by atoms with van der Waals surface area (Å²) in [4.78, 5) is 13.1. The molecule has 2 fully saturated rings. The topological polar surface area (TPSA) is 44.4 Å². The molecule has 2 rings (SSSR count). The average molecular weight is 293 g/mol. The lowest BCUT2D eigenvalue weighted by Crippen LogP contribution is -2.57. The predicted octanol–water partition coefficient (Wildman–Crippen LogP) is 1.13. The Bertz CT molecular complexity index is 325. The van der Waals surface area contributed by atoms with Gasteiger partial charge in [-0.25, -0.2) is 0 Å². The van der Waals surface area contributed by atoms with Gasteiger partial charge in [-0.3, -0.25) is 9.69 Å². The lowest BCUT2D eigenvalue weighted by Gasteiger charge is -2.36. The van der Waals surface area contributed by atoms with E-state index in [4.69, 9.17) is 0 Å². The van der Waals surface area contributed by atoms with E-state index in [0.717, 1.165) is 19.3 Å². The molecule has 1 aliphatic carbocycles. The van der Waals surface area contributed by atoms with Crippen LogP contribution in [0.1, 0.15) is 25.7 Å². The van der Waals surface area contributed by atoms with Crippen molar-refractivity contribution in [2.75, 3.05) is 32.7 Å². The van der Waals surface area contributed by atoms with Gasteiger partial charge in [0.1, 0.15) is 6.04 Å². The summed E-state index contributed by atoms with van der Waals surface area (Å²) in [6.07, 6.45) is -0.765. The van der Waals surface area contributed by atoms with Crippen molar-refractivity contribution in [2.24, 2.45) is 5.92 Å². The molecule has 0 bridgehead atoms. The van der Waals surface area contributed by atoms with Gasteiger partial charge in [0.25, 0.3) is 0 Å². The molecule has 0 aromatic heterocycles. The first-order chi connectivity index (χ1) is 9.47. The zero-order valence-corrected chi connectivity index (χ0v) is 11.5. The Morgan fingerprint density at radius 2 is 1.95 bits per heavy atom. The van der Waals surface area contributed by atoms with Gasteiger partial charge in [-0.05, 0) is 18.8 Å². The van der Waals surface area contributed by atoms with Gasteiger partial charge in [0.05, 0.1) is 0 Å². The number of nitrogens with zero attached hydrogens (tertiary/aromatic N) is 1. The third-order valence-electron chi connectivity index (χ3n) is 4.16. The van der Waals surface area contributed by atoms with Gasteiger partial charge in [-0.15, -0.1) is 0 Å². The Morgan fingerprint density at radius 1 is 1.30 bits per heavy atom. The highest BCUT2D eigenvalue weighted by Gasteiger charge is 2.43. The highest BCUT2D eigenvalue weighted by atomic mass is 19.4. The highest BCUT2D eigenvalue weighted by Crippen LogP contribution is 2.29. The standard InChI is InChI=1S/C13H22F3N3O/c14-13(15,16)11(19-6-4-17-5-7-19)9-18-12(20)8-10-2-1-3-10/h10-11,17H,1-9H2,(H,18,20). The minimum atomic E-state index is -4.30. The molecule has 1 heterocycles. The second-order valence-electron chi connectivity index (χ2n) is 5.65. The molecule has 4 nitrogen and oxygen atoms in total. The number of carbonyl (C=O) groups excluding carboxylic acids is 1. The molecular formula is C13H22F3N3O. The second kappa shape index (κ2) is 6.76. The smallest absolute Gasteiger partial charge is 0.354 e. The molecule has 0 aromatic carbocycles. The first-order valence-corrected chi connectivity index (χ1v) is 7.25. The van der Waals surface area contributed by atoms with Crippen LogP contribution in [0.4, 0.5) is 13.2 Å². The number of amides is 1. The third kappa shape index (κ3) is 4.34. The lowest BCUT2D eigenvalue weighted by molar-refractivity contribution is -0.184. The molecule has 1 saturated carbocycles. The molecule has 1 aliphatic heterocycles. The van der Waals surface area contributed by atoms with Crippen LogP contribution in [0.2, 0.25) is 0 Å². The zero-order valence-electron chi connectivity index (χ0n) is 11.5. The number of hydrogen-bond acceptors (Lipinski definition) is 3. The number of alkyl halides is 3. The predicted molar refractivity (Wildman–Crippen MR) is 69.3 cm³/mol. The Balaban J connectivity index is 1.81. The first kappa shape index (κ1) is 15.6. The number of hydrogen-bond donors (Lipinski definition) is 2. The fourth-order valence-corrected chi connectivity index (χ4v) is 2.69. The number of piperazine rings is 1. The maximum Gasteiger partial charge on any atom is 0.405 e. The zero-order chi connectivity index (χ0) is 14.6. The maximum atomic E-state index is 13.1. The minimum absolute atomic E-state index is 0.251. The number of rotatable bonds is 5. The monoisotopic (exact) mass is 293 g/mol. The van der Waals surface area contributed by atoms with Crippen molar-refractivity contribution < 1.29 is 18.0 Å². The van der Waals surface area contributed by atoms with Crippen molar-refractivity contribution in [1.82, 2.24) is 15.5 Å². The molecule has 2 N–H and O–H groups in total. The van der Waals surface area contributed by atoms with E-state index in [1.807, 2.05) is 0 Å². The molecule has 1 amide bonds. The Morgan fingerprint density at radius 3 is 2.45 bits per heavy atom. The summed E-state index contributed by atoms with van der Waals surface area (Å²) in [5.41, 5.74) is 0.